The third-order valence-corrected chi connectivity index (χ3v) is 7.82. The number of carbonyl (C=O) groups excluding carboxylic acids is 3. The van der Waals surface area contributed by atoms with Crippen LogP contribution in [-0.4, -0.2) is 128 Å². The average molecular weight is 711 g/mol. The maximum atomic E-state index is 13.4. The summed E-state index contributed by atoms with van der Waals surface area (Å²) in [4.78, 5) is 38.1. The van der Waals surface area contributed by atoms with Crippen LogP contribution < -0.4 is 9.47 Å². The molecule has 0 radical (unpaired) electrons. The van der Waals surface area contributed by atoms with Crippen molar-refractivity contribution >= 4 is 17.9 Å². The van der Waals surface area contributed by atoms with Crippen molar-refractivity contribution in [3.63, 3.8) is 0 Å². The van der Waals surface area contributed by atoms with E-state index in [1.54, 1.807) is 26.0 Å². The summed E-state index contributed by atoms with van der Waals surface area (Å²) in [5.41, 5.74) is -0.253. The van der Waals surface area contributed by atoms with Crippen LogP contribution in [0.15, 0.2) is 42.5 Å². The molecule has 7 N–H and O–H groups in total. The van der Waals surface area contributed by atoms with Crippen LogP contribution in [0.4, 0.5) is 0 Å². The second kappa shape index (κ2) is 17.2. The summed E-state index contributed by atoms with van der Waals surface area (Å²) >= 11 is 0. The Morgan fingerprint density at radius 2 is 1.38 bits per heavy atom. The number of aromatic hydroxyl groups is 1. The predicted molar refractivity (Wildman–Crippen MR) is 165 cm³/mol. The summed E-state index contributed by atoms with van der Waals surface area (Å²) in [6, 6.07) is 9.87. The second-order valence-corrected chi connectivity index (χ2v) is 12.1. The van der Waals surface area contributed by atoms with Gasteiger partial charge in [-0.2, -0.15) is 0 Å². The zero-order valence-electron chi connectivity index (χ0n) is 27.4. The second-order valence-electron chi connectivity index (χ2n) is 12.1. The third-order valence-electron chi connectivity index (χ3n) is 7.82. The third kappa shape index (κ3) is 9.18. The Morgan fingerprint density at radius 1 is 0.760 bits per heavy atom. The number of ether oxygens (including phenoxy) is 7. The molecule has 2 aliphatic heterocycles. The molecule has 276 valence electrons. The van der Waals surface area contributed by atoms with E-state index in [1.807, 2.05) is 0 Å². The number of aliphatic hydroxyl groups excluding tert-OH is 6. The monoisotopic (exact) mass is 710 g/mol. The SMILES string of the molecule is CC(=O)O[C@H]1[C@H](Oc2cccc(O)c2C(=O)OCc2ccccc2O[C@@H]2O[C@H](CO)[C@@H](O)[C@H](O)[C@H]2O)O[C@H](CO)[C@@H](O)[C@@H]1OC(=O)CC(C)C. The maximum Gasteiger partial charge on any atom is 0.346 e. The van der Waals surface area contributed by atoms with E-state index in [2.05, 4.69) is 0 Å². The Bertz CT molecular complexity index is 1460. The highest BCUT2D eigenvalue weighted by atomic mass is 16.7. The first-order valence-corrected chi connectivity index (χ1v) is 15.8. The number of esters is 3. The van der Waals surface area contributed by atoms with Gasteiger partial charge >= 0.3 is 17.9 Å². The molecule has 0 saturated carbocycles. The first-order chi connectivity index (χ1) is 23.7. The molecule has 17 heteroatoms. The fraction of sp³-hybridized carbons (Fsp3) is 0.545. The molecular weight excluding hydrogens is 668 g/mol. The van der Waals surface area contributed by atoms with Crippen LogP contribution in [0, 0.1) is 5.92 Å². The molecule has 4 rings (SSSR count). The summed E-state index contributed by atoms with van der Waals surface area (Å²) < 4.78 is 38.9. The van der Waals surface area contributed by atoms with Gasteiger partial charge in [-0.15, -0.1) is 0 Å². The number of rotatable bonds is 13. The Balaban J connectivity index is 1.55. The number of phenolic OH excluding ortho intramolecular Hbond substituents is 1. The van der Waals surface area contributed by atoms with Gasteiger partial charge in [0.25, 0.3) is 0 Å². The van der Waals surface area contributed by atoms with E-state index in [0.717, 1.165) is 6.92 Å². The van der Waals surface area contributed by atoms with Crippen LogP contribution in [0.25, 0.3) is 0 Å². The van der Waals surface area contributed by atoms with Crippen molar-refractivity contribution in [2.45, 2.75) is 95.2 Å². The highest BCUT2D eigenvalue weighted by Gasteiger charge is 2.51. The first-order valence-electron chi connectivity index (χ1n) is 15.8. The van der Waals surface area contributed by atoms with Gasteiger partial charge in [0.2, 0.25) is 18.7 Å². The van der Waals surface area contributed by atoms with E-state index in [9.17, 15) is 50.1 Å². The molecule has 0 bridgehead atoms. The molecule has 2 heterocycles. The van der Waals surface area contributed by atoms with Crippen molar-refractivity contribution < 1.29 is 83.3 Å². The van der Waals surface area contributed by atoms with E-state index in [0.29, 0.717) is 0 Å². The molecule has 2 aromatic carbocycles. The van der Waals surface area contributed by atoms with Gasteiger partial charge in [0, 0.05) is 18.9 Å². The van der Waals surface area contributed by atoms with Crippen LogP contribution in [0.5, 0.6) is 17.2 Å². The van der Waals surface area contributed by atoms with E-state index < -0.39 is 110 Å². The molecule has 2 fully saturated rings. The minimum absolute atomic E-state index is 0.0363. The van der Waals surface area contributed by atoms with Crippen molar-refractivity contribution in [1.29, 1.82) is 0 Å². The molecule has 2 aliphatic rings. The van der Waals surface area contributed by atoms with E-state index in [4.69, 9.17) is 33.2 Å². The summed E-state index contributed by atoms with van der Waals surface area (Å²) in [5.74, 6) is -3.67. The lowest BCUT2D eigenvalue weighted by molar-refractivity contribution is -0.285. The van der Waals surface area contributed by atoms with Gasteiger partial charge in [-0.1, -0.05) is 38.1 Å². The van der Waals surface area contributed by atoms with E-state index in [1.165, 1.54) is 30.3 Å². The number of hydrogen-bond donors (Lipinski definition) is 7. The Morgan fingerprint density at radius 3 is 2.04 bits per heavy atom. The van der Waals surface area contributed by atoms with Crippen LogP contribution in [0.3, 0.4) is 0 Å². The molecule has 50 heavy (non-hydrogen) atoms. The van der Waals surface area contributed by atoms with Crippen LogP contribution in [-0.2, 0) is 39.9 Å². The molecule has 2 aromatic rings. The molecule has 0 spiro atoms. The average Bonchev–Trinajstić information content (AvgIpc) is 3.06. The number of carbonyl (C=O) groups is 3. The lowest BCUT2D eigenvalue weighted by Gasteiger charge is -2.42. The molecule has 0 aromatic heterocycles. The van der Waals surface area contributed by atoms with E-state index in [-0.39, 0.29) is 29.4 Å². The Hall–Kier alpha value is -4.07. The number of aliphatic hydroxyl groups is 6. The standard InChI is InChI=1S/C33H42O17/c1-15(2)11-23(38)50-29-26(40)22(13-35)49-33(30(29)45-16(3)36)47-20-10-6-8-18(37)24(20)31(43)44-14-17-7-4-5-9-19(17)46-32-28(42)27(41)25(39)21(12-34)48-32/h4-10,15,21-22,25-30,32-35,37,39-42H,11-14H2,1-3H3/t21-,22-,25-,26-,27+,28-,29+,30-,32-,33-/m1/s1. The number of para-hydroxylation sites is 1. The molecule has 0 unspecified atom stereocenters. The van der Waals surface area contributed by atoms with Crippen LogP contribution in [0.2, 0.25) is 0 Å². The number of benzene rings is 2. The van der Waals surface area contributed by atoms with Gasteiger partial charge in [-0.05, 0) is 24.1 Å². The van der Waals surface area contributed by atoms with Gasteiger partial charge in [0.1, 0.15) is 66.0 Å². The lowest BCUT2D eigenvalue weighted by atomic mass is 9.98. The topological polar surface area (TPSA) is 257 Å². The Kier molecular flexibility index (Phi) is 13.3. The smallest absolute Gasteiger partial charge is 0.346 e. The molecule has 17 nitrogen and oxygen atoms in total. The molecule has 10 atom stereocenters. The fourth-order valence-electron chi connectivity index (χ4n) is 5.31. The van der Waals surface area contributed by atoms with Gasteiger partial charge in [0.05, 0.1) is 13.2 Å². The zero-order chi connectivity index (χ0) is 36.7. The maximum absolute atomic E-state index is 13.4. The molecule has 0 amide bonds. The van der Waals surface area contributed by atoms with Gasteiger partial charge < -0.3 is 68.9 Å². The van der Waals surface area contributed by atoms with Crippen molar-refractivity contribution in [3.8, 4) is 17.2 Å². The minimum Gasteiger partial charge on any atom is -0.507 e. The minimum atomic E-state index is -1.70. The fourth-order valence-corrected chi connectivity index (χ4v) is 5.31. The highest BCUT2D eigenvalue weighted by Crippen LogP contribution is 2.34. The number of hydrogen-bond acceptors (Lipinski definition) is 17. The molecular formula is C33H42O17. The van der Waals surface area contributed by atoms with Gasteiger partial charge in [-0.3, -0.25) is 9.59 Å². The van der Waals surface area contributed by atoms with Crippen molar-refractivity contribution in [1.82, 2.24) is 0 Å². The summed E-state index contributed by atoms with van der Waals surface area (Å²) in [7, 11) is 0. The highest BCUT2D eigenvalue weighted by molar-refractivity contribution is 5.95. The van der Waals surface area contributed by atoms with E-state index >= 15 is 0 Å². The summed E-state index contributed by atoms with van der Waals surface area (Å²) in [5, 5.41) is 71.5. The van der Waals surface area contributed by atoms with Gasteiger partial charge in [-0.25, -0.2) is 4.79 Å². The summed E-state index contributed by atoms with van der Waals surface area (Å²) in [6.07, 6.45) is -15.6. The van der Waals surface area contributed by atoms with Gasteiger partial charge in [0.15, 0.2) is 6.10 Å². The van der Waals surface area contributed by atoms with Crippen LogP contribution in [0.1, 0.15) is 43.1 Å². The summed E-state index contributed by atoms with van der Waals surface area (Å²) in [6.45, 7) is 2.69. The predicted octanol–water partition coefficient (Wildman–Crippen LogP) is -0.726. The molecule has 2 saturated heterocycles. The largest absolute Gasteiger partial charge is 0.507 e. The molecule has 0 aliphatic carbocycles. The van der Waals surface area contributed by atoms with Crippen molar-refractivity contribution in [2.24, 2.45) is 5.92 Å². The Labute approximate surface area is 286 Å². The number of phenols is 1. The normalized spacial score (nSPS) is 29.6. The van der Waals surface area contributed by atoms with Crippen molar-refractivity contribution in [2.75, 3.05) is 13.2 Å². The quantitative estimate of drug-likeness (QED) is 0.0999. The zero-order valence-corrected chi connectivity index (χ0v) is 27.4. The first kappa shape index (κ1) is 38.7. The van der Waals surface area contributed by atoms with Crippen LogP contribution >= 0.6 is 0 Å². The lowest BCUT2D eigenvalue weighted by Crippen LogP contribution is -2.62. The van der Waals surface area contributed by atoms with Crippen molar-refractivity contribution in [3.05, 3.63) is 53.6 Å².